The minimum absolute atomic E-state index is 0.0859. The number of rotatable bonds is 6. The van der Waals surface area contributed by atoms with Crippen molar-refractivity contribution >= 4 is 33.4 Å². The molecule has 2 N–H and O–H groups in total. The summed E-state index contributed by atoms with van der Waals surface area (Å²) in [5.41, 5.74) is 2.57. The van der Waals surface area contributed by atoms with Gasteiger partial charge in [0.15, 0.2) is 0 Å². The van der Waals surface area contributed by atoms with Gasteiger partial charge < -0.3 is 10.6 Å². The monoisotopic (exact) mass is 392 g/mol. The highest BCUT2D eigenvalue weighted by molar-refractivity contribution is 9.10. The van der Waals surface area contributed by atoms with Gasteiger partial charge in [0.05, 0.1) is 6.54 Å². The molecule has 0 spiro atoms. The first kappa shape index (κ1) is 18.1. The minimum Gasteiger partial charge on any atom is -0.347 e. The summed E-state index contributed by atoms with van der Waals surface area (Å²) in [7, 11) is 0. The molecule has 4 nitrogen and oxygen atoms in total. The Morgan fingerprint density at radius 1 is 1.08 bits per heavy atom. The fourth-order valence-corrected chi connectivity index (χ4v) is 2.35. The summed E-state index contributed by atoms with van der Waals surface area (Å²) in [6.45, 7) is 1.84. The van der Waals surface area contributed by atoms with Crippen molar-refractivity contribution in [1.29, 1.82) is 0 Å². The summed E-state index contributed by atoms with van der Waals surface area (Å²) in [6, 6.07) is 11.5. The Bertz CT molecular complexity index is 732. The molecule has 0 unspecified atom stereocenters. The molecule has 24 heavy (non-hydrogen) atoms. The SMILES string of the molecule is Cc1cc(NC(=O)CNC(=O)CCc2ccc(F)cc2)ccc1Br. The third kappa shape index (κ3) is 5.77. The molecule has 0 saturated carbocycles. The maximum Gasteiger partial charge on any atom is 0.243 e. The zero-order chi connectivity index (χ0) is 17.5. The van der Waals surface area contributed by atoms with Crippen molar-refractivity contribution in [2.75, 3.05) is 11.9 Å². The third-order valence-electron chi connectivity index (χ3n) is 3.44. The Morgan fingerprint density at radius 3 is 2.46 bits per heavy atom. The lowest BCUT2D eigenvalue weighted by Crippen LogP contribution is -2.32. The van der Waals surface area contributed by atoms with Gasteiger partial charge in [0, 0.05) is 16.6 Å². The van der Waals surface area contributed by atoms with Crippen molar-refractivity contribution in [3.05, 3.63) is 63.9 Å². The van der Waals surface area contributed by atoms with Gasteiger partial charge in [-0.15, -0.1) is 0 Å². The molecule has 2 amide bonds. The van der Waals surface area contributed by atoms with Gasteiger partial charge in [-0.2, -0.15) is 0 Å². The lowest BCUT2D eigenvalue weighted by molar-refractivity contribution is -0.124. The van der Waals surface area contributed by atoms with Gasteiger partial charge in [-0.1, -0.05) is 28.1 Å². The number of amides is 2. The average molecular weight is 393 g/mol. The van der Waals surface area contributed by atoms with Crippen molar-refractivity contribution in [3.63, 3.8) is 0 Å². The Morgan fingerprint density at radius 2 is 1.79 bits per heavy atom. The summed E-state index contributed by atoms with van der Waals surface area (Å²) < 4.78 is 13.8. The quantitative estimate of drug-likeness (QED) is 0.788. The van der Waals surface area contributed by atoms with Crippen molar-refractivity contribution in [1.82, 2.24) is 5.32 Å². The highest BCUT2D eigenvalue weighted by Gasteiger charge is 2.07. The summed E-state index contributed by atoms with van der Waals surface area (Å²) in [6.07, 6.45) is 0.746. The van der Waals surface area contributed by atoms with Crippen LogP contribution in [0.15, 0.2) is 46.9 Å². The molecule has 0 aliphatic heterocycles. The lowest BCUT2D eigenvalue weighted by Gasteiger charge is -2.08. The Kier molecular flexibility index (Phi) is 6.49. The van der Waals surface area contributed by atoms with Crippen LogP contribution in [-0.2, 0) is 16.0 Å². The molecule has 6 heteroatoms. The van der Waals surface area contributed by atoms with Gasteiger partial charge in [-0.25, -0.2) is 4.39 Å². The highest BCUT2D eigenvalue weighted by atomic mass is 79.9. The lowest BCUT2D eigenvalue weighted by atomic mass is 10.1. The molecule has 0 fully saturated rings. The van der Waals surface area contributed by atoms with Crippen LogP contribution in [0.4, 0.5) is 10.1 Å². The van der Waals surface area contributed by atoms with Crippen LogP contribution in [0.3, 0.4) is 0 Å². The van der Waals surface area contributed by atoms with Gasteiger partial charge in [0.2, 0.25) is 11.8 Å². The molecule has 0 saturated heterocycles. The number of nitrogens with one attached hydrogen (secondary N) is 2. The number of hydrogen-bond donors (Lipinski definition) is 2. The van der Waals surface area contributed by atoms with E-state index in [1.807, 2.05) is 19.1 Å². The fourth-order valence-electron chi connectivity index (χ4n) is 2.10. The van der Waals surface area contributed by atoms with Gasteiger partial charge in [0.25, 0.3) is 0 Å². The number of anilines is 1. The highest BCUT2D eigenvalue weighted by Crippen LogP contribution is 2.19. The number of hydrogen-bond acceptors (Lipinski definition) is 2. The first-order valence-corrected chi connectivity index (χ1v) is 8.30. The summed E-state index contributed by atoms with van der Waals surface area (Å²) >= 11 is 3.40. The van der Waals surface area contributed by atoms with E-state index in [1.54, 1.807) is 18.2 Å². The van der Waals surface area contributed by atoms with Crippen molar-refractivity contribution < 1.29 is 14.0 Å². The minimum atomic E-state index is -0.303. The maximum atomic E-state index is 12.8. The number of aryl methyl sites for hydroxylation is 2. The predicted molar refractivity (Wildman–Crippen MR) is 95.2 cm³/mol. The van der Waals surface area contributed by atoms with Crippen LogP contribution < -0.4 is 10.6 Å². The Balaban J connectivity index is 1.73. The first-order valence-electron chi connectivity index (χ1n) is 7.51. The largest absolute Gasteiger partial charge is 0.347 e. The van der Waals surface area contributed by atoms with E-state index in [1.165, 1.54) is 12.1 Å². The predicted octanol–water partition coefficient (Wildman–Crippen LogP) is 3.58. The van der Waals surface area contributed by atoms with E-state index in [-0.39, 0.29) is 30.6 Å². The van der Waals surface area contributed by atoms with Crippen molar-refractivity contribution in [2.45, 2.75) is 19.8 Å². The van der Waals surface area contributed by atoms with E-state index in [0.29, 0.717) is 12.1 Å². The van der Waals surface area contributed by atoms with E-state index in [2.05, 4.69) is 26.6 Å². The summed E-state index contributed by atoms with van der Waals surface area (Å²) in [5.74, 6) is -0.809. The van der Waals surface area contributed by atoms with Gasteiger partial charge in [-0.05, 0) is 54.8 Å². The van der Waals surface area contributed by atoms with Gasteiger partial charge >= 0.3 is 0 Å². The van der Waals surface area contributed by atoms with Gasteiger partial charge in [0.1, 0.15) is 5.82 Å². The van der Waals surface area contributed by atoms with E-state index < -0.39 is 0 Å². The molecule has 2 aromatic rings. The van der Waals surface area contributed by atoms with Crippen LogP contribution in [0.1, 0.15) is 17.5 Å². The first-order chi connectivity index (χ1) is 11.4. The van der Waals surface area contributed by atoms with E-state index in [0.717, 1.165) is 15.6 Å². The molecular weight excluding hydrogens is 375 g/mol. The van der Waals surface area contributed by atoms with Crippen LogP contribution in [0.25, 0.3) is 0 Å². The zero-order valence-corrected chi connectivity index (χ0v) is 14.8. The summed E-state index contributed by atoms with van der Waals surface area (Å²) in [4.78, 5) is 23.6. The topological polar surface area (TPSA) is 58.2 Å². The number of halogens is 2. The van der Waals surface area contributed by atoms with E-state index in [9.17, 15) is 14.0 Å². The van der Waals surface area contributed by atoms with Crippen LogP contribution in [0, 0.1) is 12.7 Å². The fraction of sp³-hybridized carbons (Fsp3) is 0.222. The number of carbonyl (C=O) groups excluding carboxylic acids is 2. The molecule has 0 atom stereocenters. The van der Waals surface area contributed by atoms with Crippen LogP contribution in [0.2, 0.25) is 0 Å². The second-order valence-electron chi connectivity index (χ2n) is 5.42. The van der Waals surface area contributed by atoms with Crippen molar-refractivity contribution in [2.24, 2.45) is 0 Å². The van der Waals surface area contributed by atoms with Crippen LogP contribution >= 0.6 is 15.9 Å². The normalized spacial score (nSPS) is 10.3. The molecule has 0 radical (unpaired) electrons. The average Bonchev–Trinajstić information content (AvgIpc) is 2.56. The Hall–Kier alpha value is -2.21. The molecule has 126 valence electrons. The maximum absolute atomic E-state index is 12.8. The summed E-state index contributed by atoms with van der Waals surface area (Å²) in [5, 5.41) is 5.31. The molecule has 0 aliphatic rings. The molecule has 0 aliphatic carbocycles. The zero-order valence-electron chi connectivity index (χ0n) is 13.2. The second-order valence-corrected chi connectivity index (χ2v) is 6.27. The molecule has 0 heterocycles. The molecule has 0 aromatic heterocycles. The molecule has 0 bridgehead atoms. The van der Waals surface area contributed by atoms with E-state index >= 15 is 0 Å². The number of benzene rings is 2. The standard InChI is InChI=1S/C18H18BrFN2O2/c1-12-10-15(7-8-16(12)19)22-18(24)11-21-17(23)9-4-13-2-5-14(20)6-3-13/h2-3,5-8,10H,4,9,11H2,1H3,(H,21,23)(H,22,24). The smallest absolute Gasteiger partial charge is 0.243 e. The van der Waals surface area contributed by atoms with Crippen LogP contribution in [0.5, 0.6) is 0 Å². The molecule has 2 aromatic carbocycles. The van der Waals surface area contributed by atoms with Crippen LogP contribution in [-0.4, -0.2) is 18.4 Å². The molecular formula is C18H18BrFN2O2. The Labute approximate surface area is 148 Å². The second kappa shape index (κ2) is 8.59. The molecule has 2 rings (SSSR count). The van der Waals surface area contributed by atoms with E-state index in [4.69, 9.17) is 0 Å². The van der Waals surface area contributed by atoms with Gasteiger partial charge in [-0.3, -0.25) is 9.59 Å². The van der Waals surface area contributed by atoms with Crippen molar-refractivity contribution in [3.8, 4) is 0 Å². The number of carbonyl (C=O) groups is 2. The third-order valence-corrected chi connectivity index (χ3v) is 4.33.